The van der Waals surface area contributed by atoms with E-state index < -0.39 is 11.7 Å². The fourth-order valence-electron chi connectivity index (χ4n) is 1.77. The minimum Gasteiger partial charge on any atom is -0.382 e. The second kappa shape index (κ2) is 7.75. The Bertz CT molecular complexity index is 801. The minimum absolute atomic E-state index is 0.00694. The smallest absolute Gasteiger partial charge is 0.382 e. The number of aromatic nitrogens is 4. The van der Waals surface area contributed by atoms with Crippen LogP contribution >= 0.6 is 11.6 Å². The number of nitrogens with two attached hydrogens (primary N) is 2. The van der Waals surface area contributed by atoms with E-state index in [-0.39, 0.29) is 17.1 Å². The molecule has 0 amide bonds. The zero-order valence-electron chi connectivity index (χ0n) is 12.6. The van der Waals surface area contributed by atoms with Crippen molar-refractivity contribution in [3.05, 3.63) is 59.2 Å². The summed E-state index contributed by atoms with van der Waals surface area (Å²) in [5.74, 6) is 0.549. The van der Waals surface area contributed by atoms with Crippen molar-refractivity contribution in [1.29, 1.82) is 0 Å². The predicted molar refractivity (Wildman–Crippen MR) is 88.3 cm³/mol. The normalized spacial score (nSPS) is 10.7. The van der Waals surface area contributed by atoms with Gasteiger partial charge in [0.25, 0.3) is 0 Å². The van der Waals surface area contributed by atoms with Gasteiger partial charge in [-0.15, -0.1) is 20.4 Å². The quantitative estimate of drug-likeness (QED) is 0.681. The number of benzene rings is 1. The molecule has 0 atom stereocenters. The van der Waals surface area contributed by atoms with Gasteiger partial charge in [-0.05, 0) is 30.3 Å². The molecule has 0 saturated carbocycles. The Morgan fingerprint density at radius 1 is 0.760 bits per heavy atom. The van der Waals surface area contributed by atoms with Crippen LogP contribution in [0, 0.1) is 0 Å². The molecule has 4 N–H and O–H groups in total. The van der Waals surface area contributed by atoms with Crippen LogP contribution in [-0.4, -0.2) is 20.4 Å². The molecule has 0 spiro atoms. The second-order valence-electron chi connectivity index (χ2n) is 4.67. The van der Waals surface area contributed by atoms with E-state index >= 15 is 0 Å². The number of nitrogens with zero attached hydrogens (tertiary/aromatic N) is 4. The topological polar surface area (TPSA) is 104 Å². The molecule has 0 aliphatic carbocycles. The van der Waals surface area contributed by atoms with E-state index in [1.807, 2.05) is 0 Å². The first-order valence-corrected chi connectivity index (χ1v) is 7.15. The first-order valence-electron chi connectivity index (χ1n) is 6.78. The maximum absolute atomic E-state index is 12.7. The Labute approximate surface area is 145 Å². The lowest BCUT2D eigenvalue weighted by atomic mass is 10.0. The lowest BCUT2D eigenvalue weighted by Crippen LogP contribution is -2.07. The van der Waals surface area contributed by atoms with Crippen LogP contribution in [0.4, 0.5) is 24.8 Å². The highest BCUT2D eigenvalue weighted by Gasteiger charge is 2.33. The summed E-state index contributed by atoms with van der Waals surface area (Å²) in [4.78, 5) is 0. The molecule has 0 fully saturated rings. The predicted octanol–water partition coefficient (Wildman–Crippen LogP) is 3.46. The number of alkyl halides is 3. The molecule has 3 rings (SSSR count). The first-order chi connectivity index (χ1) is 11.8. The van der Waals surface area contributed by atoms with Crippen LogP contribution in [0.25, 0.3) is 11.3 Å². The summed E-state index contributed by atoms with van der Waals surface area (Å²) in [6.45, 7) is 0. The molecule has 25 heavy (non-hydrogen) atoms. The summed E-state index contributed by atoms with van der Waals surface area (Å²) in [6.07, 6.45) is -4.42. The van der Waals surface area contributed by atoms with Crippen molar-refractivity contribution in [1.82, 2.24) is 20.4 Å². The molecule has 2 heterocycles. The Morgan fingerprint density at radius 2 is 1.36 bits per heavy atom. The van der Waals surface area contributed by atoms with Gasteiger partial charge < -0.3 is 11.5 Å². The van der Waals surface area contributed by atoms with Crippen molar-refractivity contribution in [3.63, 3.8) is 0 Å². The molecule has 0 aliphatic heterocycles. The fourth-order valence-corrected chi connectivity index (χ4v) is 1.87. The van der Waals surface area contributed by atoms with E-state index in [0.717, 1.165) is 6.07 Å². The number of hydrogen-bond donors (Lipinski definition) is 2. The molecule has 2 aromatic heterocycles. The third-order valence-electron chi connectivity index (χ3n) is 2.85. The third-order valence-corrected chi connectivity index (χ3v) is 3.05. The van der Waals surface area contributed by atoms with Crippen molar-refractivity contribution < 1.29 is 13.2 Å². The van der Waals surface area contributed by atoms with Crippen molar-refractivity contribution in [2.45, 2.75) is 6.18 Å². The first kappa shape index (κ1) is 18.4. The Kier molecular flexibility index (Phi) is 5.71. The van der Waals surface area contributed by atoms with Crippen LogP contribution < -0.4 is 11.5 Å². The Balaban J connectivity index is 0.000000236. The van der Waals surface area contributed by atoms with Crippen molar-refractivity contribution in [3.8, 4) is 11.3 Å². The number of rotatable bonds is 1. The van der Waals surface area contributed by atoms with Crippen molar-refractivity contribution >= 4 is 23.2 Å². The van der Waals surface area contributed by atoms with Gasteiger partial charge in [0.1, 0.15) is 11.6 Å². The molecular weight excluding hydrogens is 357 g/mol. The largest absolute Gasteiger partial charge is 0.417 e. The number of nitrogen functional groups attached to an aromatic ring is 2. The average Bonchev–Trinajstić information content (AvgIpc) is 2.58. The van der Waals surface area contributed by atoms with Crippen LogP contribution in [0.5, 0.6) is 0 Å². The maximum atomic E-state index is 12.7. The third kappa shape index (κ3) is 5.28. The number of halogens is 4. The van der Waals surface area contributed by atoms with Crippen LogP contribution in [-0.2, 0) is 6.18 Å². The van der Waals surface area contributed by atoms with E-state index in [1.165, 1.54) is 30.3 Å². The van der Waals surface area contributed by atoms with E-state index in [0.29, 0.717) is 11.0 Å². The molecule has 0 unspecified atom stereocenters. The number of anilines is 2. The standard InChI is InChI=1S/C11H8F3N3.C4H4ClN3/c12-11(13,14)8-4-2-1-3-7(8)9-5-6-10(15)17-16-9;5-3-1-2-4(6)8-7-3/h1-6H,(H2,15,17);1-2H,(H2,6,8). The number of hydrogen-bond acceptors (Lipinski definition) is 6. The van der Waals surface area contributed by atoms with Gasteiger partial charge in [0, 0.05) is 5.56 Å². The van der Waals surface area contributed by atoms with Gasteiger partial charge in [-0.1, -0.05) is 29.8 Å². The highest BCUT2D eigenvalue weighted by Crippen LogP contribution is 2.35. The second-order valence-corrected chi connectivity index (χ2v) is 5.05. The van der Waals surface area contributed by atoms with Gasteiger partial charge in [0.15, 0.2) is 5.15 Å². The van der Waals surface area contributed by atoms with Gasteiger partial charge in [-0.3, -0.25) is 0 Å². The van der Waals surface area contributed by atoms with Gasteiger partial charge in [0.05, 0.1) is 11.3 Å². The summed E-state index contributed by atoms with van der Waals surface area (Å²) in [5, 5.41) is 14.5. The SMILES string of the molecule is Nc1ccc(-c2ccccc2C(F)(F)F)nn1.Nc1ccc(Cl)nn1. The molecule has 0 aliphatic rings. The van der Waals surface area contributed by atoms with E-state index in [1.54, 1.807) is 12.1 Å². The lowest BCUT2D eigenvalue weighted by molar-refractivity contribution is -0.137. The summed E-state index contributed by atoms with van der Waals surface area (Å²) >= 11 is 5.38. The van der Waals surface area contributed by atoms with Gasteiger partial charge >= 0.3 is 6.18 Å². The zero-order valence-corrected chi connectivity index (χ0v) is 13.3. The van der Waals surface area contributed by atoms with Gasteiger partial charge in [0.2, 0.25) is 0 Å². The Morgan fingerprint density at radius 3 is 1.84 bits per heavy atom. The summed E-state index contributed by atoms with van der Waals surface area (Å²) < 4.78 is 38.2. The molecule has 130 valence electrons. The monoisotopic (exact) mass is 368 g/mol. The van der Waals surface area contributed by atoms with Gasteiger partial charge in [-0.2, -0.15) is 13.2 Å². The van der Waals surface area contributed by atoms with Crippen molar-refractivity contribution in [2.75, 3.05) is 11.5 Å². The fraction of sp³-hybridized carbons (Fsp3) is 0.0667. The lowest BCUT2D eigenvalue weighted by Gasteiger charge is -2.11. The molecule has 3 aromatic rings. The highest BCUT2D eigenvalue weighted by atomic mass is 35.5. The molecule has 10 heteroatoms. The summed E-state index contributed by atoms with van der Waals surface area (Å²) in [7, 11) is 0. The van der Waals surface area contributed by atoms with Crippen LogP contribution in [0.15, 0.2) is 48.5 Å². The molecular formula is C15H12ClF3N6. The van der Waals surface area contributed by atoms with Crippen molar-refractivity contribution in [2.24, 2.45) is 0 Å². The van der Waals surface area contributed by atoms with E-state index in [2.05, 4.69) is 20.4 Å². The summed E-state index contributed by atoms with van der Waals surface area (Å²) in [6, 6.07) is 11.2. The summed E-state index contributed by atoms with van der Waals surface area (Å²) in [5.41, 5.74) is 9.93. The van der Waals surface area contributed by atoms with E-state index in [4.69, 9.17) is 23.1 Å². The molecule has 0 radical (unpaired) electrons. The minimum atomic E-state index is -4.42. The average molecular weight is 369 g/mol. The molecule has 6 nitrogen and oxygen atoms in total. The van der Waals surface area contributed by atoms with E-state index in [9.17, 15) is 13.2 Å². The van der Waals surface area contributed by atoms with Crippen LogP contribution in [0.2, 0.25) is 5.15 Å². The molecule has 0 saturated heterocycles. The molecule has 1 aromatic carbocycles. The van der Waals surface area contributed by atoms with Crippen LogP contribution in [0.3, 0.4) is 0 Å². The molecule has 0 bridgehead atoms. The highest BCUT2D eigenvalue weighted by molar-refractivity contribution is 6.29. The van der Waals surface area contributed by atoms with Crippen LogP contribution in [0.1, 0.15) is 5.56 Å². The van der Waals surface area contributed by atoms with Gasteiger partial charge in [-0.25, -0.2) is 0 Å². The maximum Gasteiger partial charge on any atom is 0.417 e. The zero-order chi connectivity index (χ0) is 18.4. The Hall–Kier alpha value is -2.94.